The van der Waals surface area contributed by atoms with Crippen LogP contribution in [0.3, 0.4) is 0 Å². The standard InChI is InChI=1S/C16H9Cl2N3O/c1-8-7-10(9-5-3-2-4-6-9)19-15-11(8)12-13(22-15)14(17)21-16(18)20-12/h2-7H,1H3. The summed E-state index contributed by atoms with van der Waals surface area (Å²) in [5.74, 6) is 0. The summed E-state index contributed by atoms with van der Waals surface area (Å²) in [6.45, 7) is 1.98. The molecule has 0 bridgehead atoms. The maximum absolute atomic E-state index is 6.09. The molecule has 4 nitrogen and oxygen atoms in total. The van der Waals surface area contributed by atoms with Gasteiger partial charge in [0.15, 0.2) is 10.7 Å². The minimum atomic E-state index is 0.0896. The predicted molar refractivity (Wildman–Crippen MR) is 87.3 cm³/mol. The quantitative estimate of drug-likeness (QED) is 0.362. The molecule has 3 heterocycles. The van der Waals surface area contributed by atoms with Crippen molar-refractivity contribution in [2.45, 2.75) is 6.92 Å². The number of fused-ring (bicyclic) bond motifs is 3. The number of hydrogen-bond acceptors (Lipinski definition) is 4. The number of aromatic nitrogens is 3. The van der Waals surface area contributed by atoms with E-state index in [0.717, 1.165) is 22.2 Å². The van der Waals surface area contributed by atoms with Crippen molar-refractivity contribution in [2.75, 3.05) is 0 Å². The van der Waals surface area contributed by atoms with Crippen molar-refractivity contribution in [1.82, 2.24) is 15.0 Å². The van der Waals surface area contributed by atoms with Crippen LogP contribution in [0, 0.1) is 6.92 Å². The summed E-state index contributed by atoms with van der Waals surface area (Å²) in [6.07, 6.45) is 0. The van der Waals surface area contributed by atoms with Crippen LogP contribution in [0.4, 0.5) is 0 Å². The Morgan fingerprint density at radius 2 is 1.77 bits per heavy atom. The summed E-state index contributed by atoms with van der Waals surface area (Å²) in [5.41, 5.74) is 4.32. The molecule has 3 aromatic heterocycles. The first-order chi connectivity index (χ1) is 10.6. The van der Waals surface area contributed by atoms with Crippen molar-refractivity contribution in [1.29, 1.82) is 0 Å². The number of rotatable bonds is 1. The van der Waals surface area contributed by atoms with Gasteiger partial charge in [-0.3, -0.25) is 0 Å². The van der Waals surface area contributed by atoms with E-state index >= 15 is 0 Å². The highest BCUT2D eigenvalue weighted by Gasteiger charge is 2.18. The molecule has 0 radical (unpaired) electrons. The van der Waals surface area contributed by atoms with Crippen LogP contribution < -0.4 is 0 Å². The Labute approximate surface area is 135 Å². The molecular weight excluding hydrogens is 321 g/mol. The van der Waals surface area contributed by atoms with Crippen LogP contribution in [0.25, 0.3) is 33.5 Å². The Morgan fingerprint density at radius 3 is 2.55 bits per heavy atom. The van der Waals surface area contributed by atoms with Crippen molar-refractivity contribution in [3.63, 3.8) is 0 Å². The fraction of sp³-hybridized carbons (Fsp3) is 0.0625. The molecule has 0 aliphatic heterocycles. The number of hydrogen-bond donors (Lipinski definition) is 0. The number of pyridine rings is 1. The zero-order chi connectivity index (χ0) is 15.3. The van der Waals surface area contributed by atoms with Crippen molar-refractivity contribution in [2.24, 2.45) is 0 Å². The Kier molecular flexibility index (Phi) is 3.03. The summed E-state index contributed by atoms with van der Waals surface area (Å²) >= 11 is 12.0. The third kappa shape index (κ3) is 2.03. The fourth-order valence-electron chi connectivity index (χ4n) is 2.52. The first-order valence-corrected chi connectivity index (χ1v) is 7.37. The summed E-state index contributed by atoms with van der Waals surface area (Å²) < 4.78 is 5.75. The molecule has 108 valence electrons. The van der Waals surface area contributed by atoms with Crippen molar-refractivity contribution >= 4 is 45.4 Å². The molecule has 0 saturated carbocycles. The van der Waals surface area contributed by atoms with Gasteiger partial charge in [-0.1, -0.05) is 41.9 Å². The van der Waals surface area contributed by atoms with Gasteiger partial charge < -0.3 is 4.42 Å². The maximum Gasteiger partial charge on any atom is 0.229 e. The van der Waals surface area contributed by atoms with Crippen LogP contribution in [-0.4, -0.2) is 15.0 Å². The average molecular weight is 330 g/mol. The summed E-state index contributed by atoms with van der Waals surface area (Å²) in [5, 5.41) is 1.08. The normalized spacial score (nSPS) is 11.4. The van der Waals surface area contributed by atoms with E-state index in [1.807, 2.05) is 43.3 Å². The Morgan fingerprint density at radius 1 is 1.00 bits per heavy atom. The van der Waals surface area contributed by atoms with Gasteiger partial charge in [0.1, 0.15) is 5.52 Å². The average Bonchev–Trinajstić information content (AvgIpc) is 2.87. The summed E-state index contributed by atoms with van der Waals surface area (Å²) in [6, 6.07) is 11.9. The van der Waals surface area contributed by atoms with Gasteiger partial charge in [-0.25, -0.2) is 15.0 Å². The van der Waals surface area contributed by atoms with E-state index < -0.39 is 0 Å². The van der Waals surface area contributed by atoms with Crippen LogP contribution in [0.5, 0.6) is 0 Å². The van der Waals surface area contributed by atoms with E-state index in [4.69, 9.17) is 27.6 Å². The molecule has 0 amide bonds. The van der Waals surface area contributed by atoms with Gasteiger partial charge in [0.05, 0.1) is 11.1 Å². The Balaban J connectivity index is 2.08. The summed E-state index contributed by atoms with van der Waals surface area (Å²) in [7, 11) is 0. The number of benzene rings is 1. The number of aryl methyl sites for hydroxylation is 1. The van der Waals surface area contributed by atoms with Crippen LogP contribution in [0.1, 0.15) is 5.56 Å². The monoisotopic (exact) mass is 329 g/mol. The van der Waals surface area contributed by atoms with Crippen LogP contribution in [0.15, 0.2) is 40.8 Å². The van der Waals surface area contributed by atoms with E-state index in [-0.39, 0.29) is 10.4 Å². The van der Waals surface area contributed by atoms with Gasteiger partial charge in [0.25, 0.3) is 0 Å². The second-order valence-corrected chi connectivity index (χ2v) is 5.63. The minimum Gasteiger partial charge on any atom is -0.433 e. The molecule has 22 heavy (non-hydrogen) atoms. The third-order valence-electron chi connectivity index (χ3n) is 3.49. The molecule has 0 saturated heterocycles. The zero-order valence-corrected chi connectivity index (χ0v) is 13.0. The number of furan rings is 1. The molecule has 0 N–H and O–H groups in total. The molecule has 6 heteroatoms. The lowest BCUT2D eigenvalue weighted by atomic mass is 10.1. The van der Waals surface area contributed by atoms with Gasteiger partial charge in [-0.05, 0) is 30.2 Å². The lowest BCUT2D eigenvalue weighted by Gasteiger charge is -2.02. The van der Waals surface area contributed by atoms with E-state index in [1.165, 1.54) is 0 Å². The number of nitrogens with zero attached hydrogens (tertiary/aromatic N) is 3. The Bertz CT molecular complexity index is 1010. The van der Waals surface area contributed by atoms with E-state index in [0.29, 0.717) is 16.8 Å². The molecule has 0 fully saturated rings. The first kappa shape index (κ1) is 13.5. The molecule has 0 aliphatic rings. The third-order valence-corrected chi connectivity index (χ3v) is 3.91. The molecule has 0 spiro atoms. The SMILES string of the molecule is Cc1cc(-c2ccccc2)nc2oc3c(Cl)nc(Cl)nc3c12. The lowest BCUT2D eigenvalue weighted by Crippen LogP contribution is -1.87. The largest absolute Gasteiger partial charge is 0.433 e. The molecule has 4 aromatic rings. The molecule has 0 atom stereocenters. The van der Waals surface area contributed by atoms with Crippen LogP contribution >= 0.6 is 23.2 Å². The van der Waals surface area contributed by atoms with Crippen LogP contribution in [-0.2, 0) is 0 Å². The second-order valence-electron chi connectivity index (χ2n) is 4.93. The summed E-state index contributed by atoms with van der Waals surface area (Å²) in [4.78, 5) is 12.7. The maximum atomic E-state index is 6.09. The van der Waals surface area contributed by atoms with Crippen LogP contribution in [0.2, 0.25) is 10.4 Å². The highest BCUT2D eigenvalue weighted by Crippen LogP contribution is 2.34. The highest BCUT2D eigenvalue weighted by molar-refractivity contribution is 6.36. The predicted octanol–water partition coefficient (Wildman–Crippen LogP) is 5.05. The molecule has 0 unspecified atom stereocenters. The van der Waals surface area contributed by atoms with Crippen molar-refractivity contribution in [3.8, 4) is 11.3 Å². The Hall–Kier alpha value is -2.17. The minimum absolute atomic E-state index is 0.0896. The lowest BCUT2D eigenvalue weighted by molar-refractivity contribution is 0.651. The van der Waals surface area contributed by atoms with E-state index in [9.17, 15) is 0 Å². The van der Waals surface area contributed by atoms with E-state index in [2.05, 4.69) is 15.0 Å². The first-order valence-electron chi connectivity index (χ1n) is 6.62. The van der Waals surface area contributed by atoms with Gasteiger partial charge >= 0.3 is 0 Å². The van der Waals surface area contributed by atoms with Gasteiger partial charge in [0.2, 0.25) is 11.0 Å². The molecular formula is C16H9Cl2N3O. The molecule has 0 aliphatic carbocycles. The molecule has 1 aromatic carbocycles. The highest BCUT2D eigenvalue weighted by atomic mass is 35.5. The smallest absolute Gasteiger partial charge is 0.229 e. The van der Waals surface area contributed by atoms with Gasteiger partial charge in [-0.15, -0.1) is 0 Å². The fourth-order valence-corrected chi connectivity index (χ4v) is 2.94. The number of halogens is 2. The zero-order valence-electron chi connectivity index (χ0n) is 11.5. The van der Waals surface area contributed by atoms with Crippen molar-refractivity contribution in [3.05, 3.63) is 52.4 Å². The second kappa shape index (κ2) is 4.93. The van der Waals surface area contributed by atoms with E-state index in [1.54, 1.807) is 0 Å². The molecule has 4 rings (SSSR count). The topological polar surface area (TPSA) is 51.8 Å². The van der Waals surface area contributed by atoms with Gasteiger partial charge in [0, 0.05) is 5.56 Å². The van der Waals surface area contributed by atoms with Crippen molar-refractivity contribution < 1.29 is 4.42 Å². The van der Waals surface area contributed by atoms with Gasteiger partial charge in [-0.2, -0.15) is 0 Å².